The molecule has 0 rings (SSSR count). The quantitative estimate of drug-likeness (QED) is 0.481. The smallest absolute Gasteiger partial charge is 0.00684 e. The van der Waals surface area contributed by atoms with Gasteiger partial charge in [-0.1, -0.05) is 33.2 Å². The first kappa shape index (κ1) is 11.0. The van der Waals surface area contributed by atoms with Crippen molar-refractivity contribution < 1.29 is 0 Å². The van der Waals surface area contributed by atoms with Crippen LogP contribution in [0, 0.1) is 0 Å². The minimum atomic E-state index is 1.07. The van der Waals surface area contributed by atoms with Crippen molar-refractivity contribution in [1.82, 2.24) is 0 Å². The summed E-state index contributed by atoms with van der Waals surface area (Å²) in [6, 6.07) is 0. The SMILES string of the molecule is C=C(C)CC/C=C(\C)CCBr. The van der Waals surface area contributed by atoms with Crippen LogP contribution in [0.1, 0.15) is 33.1 Å². The van der Waals surface area contributed by atoms with E-state index >= 15 is 0 Å². The maximum atomic E-state index is 3.86. The molecule has 0 aromatic heterocycles. The van der Waals surface area contributed by atoms with Gasteiger partial charge in [0.05, 0.1) is 0 Å². The van der Waals surface area contributed by atoms with E-state index in [2.05, 4.69) is 42.4 Å². The van der Waals surface area contributed by atoms with Crippen molar-refractivity contribution in [3.05, 3.63) is 23.8 Å². The van der Waals surface area contributed by atoms with E-state index in [0.29, 0.717) is 0 Å². The summed E-state index contributed by atoms with van der Waals surface area (Å²) in [5.41, 5.74) is 2.75. The summed E-state index contributed by atoms with van der Waals surface area (Å²) >= 11 is 3.41. The molecule has 0 aromatic rings. The lowest BCUT2D eigenvalue weighted by atomic mass is 10.1. The second-order valence-corrected chi connectivity index (χ2v) is 3.78. The zero-order valence-corrected chi connectivity index (χ0v) is 9.08. The van der Waals surface area contributed by atoms with Crippen molar-refractivity contribution in [2.24, 2.45) is 0 Å². The zero-order chi connectivity index (χ0) is 8.69. The number of rotatable bonds is 5. The summed E-state index contributed by atoms with van der Waals surface area (Å²) in [6.45, 7) is 8.12. The van der Waals surface area contributed by atoms with Crippen LogP contribution in [0.3, 0.4) is 0 Å². The molecule has 0 saturated carbocycles. The first-order valence-corrected chi connectivity index (χ1v) is 5.15. The Labute approximate surface area is 78.5 Å². The van der Waals surface area contributed by atoms with Crippen molar-refractivity contribution >= 4 is 15.9 Å². The number of hydrogen-bond acceptors (Lipinski definition) is 0. The van der Waals surface area contributed by atoms with Gasteiger partial charge in [0.15, 0.2) is 0 Å². The molecule has 0 aliphatic heterocycles. The Kier molecular flexibility index (Phi) is 6.63. The predicted molar refractivity (Wildman–Crippen MR) is 56.2 cm³/mol. The Morgan fingerprint density at radius 3 is 2.45 bits per heavy atom. The van der Waals surface area contributed by atoms with Gasteiger partial charge in [0.25, 0.3) is 0 Å². The molecule has 0 aromatic carbocycles. The Morgan fingerprint density at radius 2 is 2.00 bits per heavy atom. The molecule has 0 aliphatic carbocycles. The Morgan fingerprint density at radius 1 is 1.36 bits per heavy atom. The molecule has 0 heterocycles. The topological polar surface area (TPSA) is 0 Å². The minimum Gasteiger partial charge on any atom is -0.100 e. The van der Waals surface area contributed by atoms with Crippen LogP contribution >= 0.6 is 15.9 Å². The lowest BCUT2D eigenvalue weighted by Gasteiger charge is -1.97. The van der Waals surface area contributed by atoms with Gasteiger partial charge in [-0.3, -0.25) is 0 Å². The molecule has 0 atom stereocenters. The minimum absolute atomic E-state index is 1.07. The van der Waals surface area contributed by atoms with Crippen molar-refractivity contribution in [1.29, 1.82) is 0 Å². The van der Waals surface area contributed by atoms with E-state index in [1.165, 1.54) is 11.1 Å². The molecule has 0 fully saturated rings. The molecular weight excluding hydrogens is 200 g/mol. The van der Waals surface area contributed by atoms with Crippen molar-refractivity contribution in [3.63, 3.8) is 0 Å². The van der Waals surface area contributed by atoms with Crippen LogP contribution in [0.5, 0.6) is 0 Å². The number of alkyl halides is 1. The van der Waals surface area contributed by atoms with Crippen molar-refractivity contribution in [2.45, 2.75) is 33.1 Å². The molecule has 0 spiro atoms. The van der Waals surface area contributed by atoms with Crippen LogP contribution in [0.15, 0.2) is 23.8 Å². The van der Waals surface area contributed by atoms with Crippen molar-refractivity contribution in [3.8, 4) is 0 Å². The lowest BCUT2D eigenvalue weighted by molar-refractivity contribution is 0.958. The highest BCUT2D eigenvalue weighted by atomic mass is 79.9. The lowest BCUT2D eigenvalue weighted by Crippen LogP contribution is -1.79. The first-order valence-electron chi connectivity index (χ1n) is 4.02. The van der Waals surface area contributed by atoms with Crippen LogP contribution in [0.4, 0.5) is 0 Å². The summed E-state index contributed by atoms with van der Waals surface area (Å²) < 4.78 is 0. The van der Waals surface area contributed by atoms with E-state index < -0.39 is 0 Å². The van der Waals surface area contributed by atoms with Gasteiger partial charge in [-0.2, -0.15) is 0 Å². The molecule has 0 unspecified atom stereocenters. The Bertz CT molecular complexity index is 145. The van der Waals surface area contributed by atoms with Crippen molar-refractivity contribution in [2.75, 3.05) is 5.33 Å². The van der Waals surface area contributed by atoms with Crippen LogP contribution in [0.25, 0.3) is 0 Å². The highest BCUT2D eigenvalue weighted by Gasteiger charge is 1.88. The normalized spacial score (nSPS) is 11.7. The van der Waals surface area contributed by atoms with Crippen LogP contribution in [0.2, 0.25) is 0 Å². The number of allylic oxidation sites excluding steroid dienone is 3. The summed E-state index contributed by atoms with van der Waals surface area (Å²) in [4.78, 5) is 0. The van der Waals surface area contributed by atoms with Gasteiger partial charge in [-0.25, -0.2) is 0 Å². The monoisotopic (exact) mass is 216 g/mol. The molecule has 0 nitrogen and oxygen atoms in total. The molecule has 0 aliphatic rings. The largest absolute Gasteiger partial charge is 0.100 e. The van der Waals surface area contributed by atoms with Gasteiger partial charge in [-0.05, 0) is 33.1 Å². The Hall–Kier alpha value is -0.0400. The van der Waals surface area contributed by atoms with Crippen LogP contribution in [-0.4, -0.2) is 5.33 Å². The maximum absolute atomic E-state index is 3.86. The zero-order valence-electron chi connectivity index (χ0n) is 7.49. The third kappa shape index (κ3) is 7.86. The van der Waals surface area contributed by atoms with Gasteiger partial charge in [0.2, 0.25) is 0 Å². The molecule has 0 saturated heterocycles. The van der Waals surface area contributed by atoms with E-state index in [9.17, 15) is 0 Å². The van der Waals surface area contributed by atoms with Gasteiger partial charge < -0.3 is 0 Å². The van der Waals surface area contributed by atoms with Crippen LogP contribution in [-0.2, 0) is 0 Å². The number of halogens is 1. The highest BCUT2D eigenvalue weighted by molar-refractivity contribution is 9.09. The molecule has 0 amide bonds. The van der Waals surface area contributed by atoms with E-state index in [1.54, 1.807) is 0 Å². The average molecular weight is 217 g/mol. The average Bonchev–Trinajstić information content (AvgIpc) is 1.87. The number of hydrogen-bond donors (Lipinski definition) is 0. The predicted octanol–water partition coefficient (Wildman–Crippen LogP) is 4.07. The standard InChI is InChI=1S/C10H17Br/c1-9(2)5-4-6-10(3)7-8-11/h6H,1,4-5,7-8H2,2-3H3/b10-6+. The summed E-state index contributed by atoms with van der Waals surface area (Å²) in [5, 5.41) is 1.07. The summed E-state index contributed by atoms with van der Waals surface area (Å²) in [5.74, 6) is 0. The van der Waals surface area contributed by atoms with Gasteiger partial charge >= 0.3 is 0 Å². The Balaban J connectivity index is 3.47. The van der Waals surface area contributed by atoms with Gasteiger partial charge in [0, 0.05) is 5.33 Å². The molecule has 0 N–H and O–H groups in total. The molecule has 11 heavy (non-hydrogen) atoms. The molecule has 1 heteroatoms. The second-order valence-electron chi connectivity index (χ2n) is 2.99. The van der Waals surface area contributed by atoms with E-state index in [-0.39, 0.29) is 0 Å². The van der Waals surface area contributed by atoms with Gasteiger partial charge in [0.1, 0.15) is 0 Å². The first-order chi connectivity index (χ1) is 5.16. The fourth-order valence-corrected chi connectivity index (χ4v) is 1.44. The highest BCUT2D eigenvalue weighted by Crippen LogP contribution is 2.07. The fraction of sp³-hybridized carbons (Fsp3) is 0.600. The fourth-order valence-electron chi connectivity index (χ4n) is 0.816. The maximum Gasteiger partial charge on any atom is 0.00684 e. The van der Waals surface area contributed by atoms with Gasteiger partial charge in [-0.15, -0.1) is 6.58 Å². The third-order valence-electron chi connectivity index (χ3n) is 1.55. The molecule has 0 bridgehead atoms. The third-order valence-corrected chi connectivity index (χ3v) is 1.95. The van der Waals surface area contributed by atoms with Crippen LogP contribution < -0.4 is 0 Å². The molecule has 64 valence electrons. The van der Waals surface area contributed by atoms with E-state index in [1.807, 2.05) is 0 Å². The summed E-state index contributed by atoms with van der Waals surface area (Å²) in [7, 11) is 0. The second kappa shape index (κ2) is 6.66. The summed E-state index contributed by atoms with van der Waals surface area (Å²) in [6.07, 6.45) is 5.74. The van der Waals surface area contributed by atoms with E-state index in [4.69, 9.17) is 0 Å². The molecule has 0 radical (unpaired) electrons. The van der Waals surface area contributed by atoms with E-state index in [0.717, 1.165) is 24.6 Å². The molecular formula is C10H17Br.